The van der Waals surface area contributed by atoms with E-state index in [1.807, 2.05) is 0 Å². The third kappa shape index (κ3) is 3.67. The van der Waals surface area contributed by atoms with E-state index in [2.05, 4.69) is 33.5 Å². The lowest BCUT2D eigenvalue weighted by molar-refractivity contribution is -0.137. The van der Waals surface area contributed by atoms with Gasteiger partial charge in [-0.2, -0.15) is 13.2 Å². The largest absolute Gasteiger partial charge is 0.416 e. The molecule has 1 aromatic rings. The van der Waals surface area contributed by atoms with Gasteiger partial charge < -0.3 is 11.1 Å². The first-order valence-electron chi connectivity index (χ1n) is 3.73. The molecule has 0 aliphatic rings. The molecule has 0 aromatic heterocycles. The van der Waals surface area contributed by atoms with Crippen molar-refractivity contribution >= 4 is 38.9 Å². The van der Waals surface area contributed by atoms with Gasteiger partial charge in [-0.05, 0) is 30.4 Å². The Bertz CT molecular complexity index is 392. The summed E-state index contributed by atoms with van der Waals surface area (Å²) in [5, 5.41) is 2.36. The smallest absolute Gasteiger partial charge is 0.376 e. The van der Waals surface area contributed by atoms with Crippen LogP contribution >= 0.6 is 28.1 Å². The highest BCUT2D eigenvalue weighted by molar-refractivity contribution is 9.10. The minimum atomic E-state index is -4.39. The van der Waals surface area contributed by atoms with Gasteiger partial charge in [-0.3, -0.25) is 0 Å². The standard InChI is InChI=1S/C8H6BrF3N2S/c9-5-1-4(8(10,11)12)2-6(3-5)14-7(13)15/h1-3H,(H3,13,14,15). The van der Waals surface area contributed by atoms with Gasteiger partial charge in [0, 0.05) is 10.2 Å². The molecule has 0 atom stereocenters. The van der Waals surface area contributed by atoms with Crippen LogP contribution in [0.5, 0.6) is 0 Å². The summed E-state index contributed by atoms with van der Waals surface area (Å²) in [4.78, 5) is 0. The maximum absolute atomic E-state index is 12.4. The molecule has 82 valence electrons. The zero-order valence-corrected chi connectivity index (χ0v) is 9.63. The highest BCUT2D eigenvalue weighted by atomic mass is 79.9. The van der Waals surface area contributed by atoms with E-state index in [1.54, 1.807) is 0 Å². The number of rotatable bonds is 1. The van der Waals surface area contributed by atoms with Crippen LogP contribution in [0, 0.1) is 0 Å². The lowest BCUT2D eigenvalue weighted by Crippen LogP contribution is -2.19. The first kappa shape index (κ1) is 12.3. The van der Waals surface area contributed by atoms with Crippen molar-refractivity contribution in [2.24, 2.45) is 5.73 Å². The molecule has 7 heteroatoms. The Morgan fingerprint density at radius 1 is 1.33 bits per heavy atom. The summed E-state index contributed by atoms with van der Waals surface area (Å²) in [5.74, 6) is 0. The van der Waals surface area contributed by atoms with E-state index in [0.717, 1.165) is 12.1 Å². The molecule has 15 heavy (non-hydrogen) atoms. The molecule has 0 fully saturated rings. The van der Waals surface area contributed by atoms with Gasteiger partial charge in [0.05, 0.1) is 5.56 Å². The van der Waals surface area contributed by atoms with Crippen LogP contribution in [0.3, 0.4) is 0 Å². The van der Waals surface area contributed by atoms with Gasteiger partial charge in [0.25, 0.3) is 0 Å². The first-order chi connectivity index (χ1) is 6.79. The lowest BCUT2D eigenvalue weighted by atomic mass is 10.2. The molecule has 0 amide bonds. The number of thiocarbonyl (C=S) groups is 1. The predicted octanol–water partition coefficient (Wildman–Crippen LogP) is 3.12. The average Bonchev–Trinajstić information content (AvgIpc) is 1.99. The maximum Gasteiger partial charge on any atom is 0.416 e. The Morgan fingerprint density at radius 2 is 1.93 bits per heavy atom. The molecule has 0 aliphatic heterocycles. The molecule has 2 nitrogen and oxygen atoms in total. The summed E-state index contributed by atoms with van der Waals surface area (Å²) in [6.45, 7) is 0. The quantitative estimate of drug-likeness (QED) is 0.783. The van der Waals surface area contributed by atoms with Crippen molar-refractivity contribution in [1.29, 1.82) is 0 Å². The van der Waals surface area contributed by atoms with E-state index in [9.17, 15) is 13.2 Å². The van der Waals surface area contributed by atoms with Crippen LogP contribution in [0.2, 0.25) is 0 Å². The van der Waals surface area contributed by atoms with E-state index in [1.165, 1.54) is 6.07 Å². The van der Waals surface area contributed by atoms with E-state index in [0.29, 0.717) is 4.47 Å². The Kier molecular flexibility index (Phi) is 3.56. The second kappa shape index (κ2) is 4.36. The van der Waals surface area contributed by atoms with Crippen molar-refractivity contribution in [2.45, 2.75) is 6.18 Å². The zero-order valence-electron chi connectivity index (χ0n) is 7.23. The molecular weight excluding hydrogens is 293 g/mol. The average molecular weight is 299 g/mol. The van der Waals surface area contributed by atoms with Crippen LogP contribution in [0.15, 0.2) is 22.7 Å². The normalized spacial score (nSPS) is 11.2. The van der Waals surface area contributed by atoms with Gasteiger partial charge in [0.2, 0.25) is 0 Å². The molecule has 0 radical (unpaired) electrons. The minimum absolute atomic E-state index is 0.0822. The minimum Gasteiger partial charge on any atom is -0.376 e. The van der Waals surface area contributed by atoms with Gasteiger partial charge >= 0.3 is 6.18 Å². The fourth-order valence-electron chi connectivity index (χ4n) is 0.968. The predicted molar refractivity (Wildman–Crippen MR) is 59.6 cm³/mol. The summed E-state index contributed by atoms with van der Waals surface area (Å²) in [5.41, 5.74) is 4.59. The van der Waals surface area contributed by atoms with Crippen LogP contribution < -0.4 is 11.1 Å². The number of nitrogens with two attached hydrogens (primary N) is 1. The molecule has 0 bridgehead atoms. The Hall–Kier alpha value is -0.820. The molecule has 3 N–H and O–H groups in total. The van der Waals surface area contributed by atoms with Gasteiger partial charge in [-0.1, -0.05) is 15.9 Å². The summed E-state index contributed by atoms with van der Waals surface area (Å²) >= 11 is 7.50. The van der Waals surface area contributed by atoms with Gasteiger partial charge in [-0.25, -0.2) is 0 Å². The van der Waals surface area contributed by atoms with Crippen molar-refractivity contribution in [1.82, 2.24) is 0 Å². The molecule has 0 saturated carbocycles. The van der Waals surface area contributed by atoms with Crippen molar-refractivity contribution in [3.05, 3.63) is 28.2 Å². The Balaban J connectivity index is 3.11. The second-order valence-corrected chi connectivity index (χ2v) is 4.07. The van der Waals surface area contributed by atoms with Crippen LogP contribution in [0.4, 0.5) is 18.9 Å². The maximum atomic E-state index is 12.4. The molecule has 1 rings (SSSR count). The van der Waals surface area contributed by atoms with E-state index >= 15 is 0 Å². The van der Waals surface area contributed by atoms with E-state index in [4.69, 9.17) is 5.73 Å². The summed E-state index contributed by atoms with van der Waals surface area (Å²) in [6, 6.07) is 3.36. The molecule has 1 aromatic carbocycles. The van der Waals surface area contributed by atoms with Crippen molar-refractivity contribution < 1.29 is 13.2 Å². The van der Waals surface area contributed by atoms with Crippen molar-refractivity contribution in [3.63, 3.8) is 0 Å². The highest BCUT2D eigenvalue weighted by Gasteiger charge is 2.31. The molecule has 0 unspecified atom stereocenters. The summed E-state index contributed by atoms with van der Waals surface area (Å²) in [7, 11) is 0. The second-order valence-electron chi connectivity index (χ2n) is 2.72. The molecular formula is C8H6BrF3N2S. The van der Waals surface area contributed by atoms with Crippen LogP contribution in [0.1, 0.15) is 5.56 Å². The molecule has 0 saturated heterocycles. The Morgan fingerprint density at radius 3 is 2.40 bits per heavy atom. The number of anilines is 1. The fraction of sp³-hybridized carbons (Fsp3) is 0.125. The van der Waals surface area contributed by atoms with Crippen LogP contribution in [0.25, 0.3) is 0 Å². The number of hydrogen-bond acceptors (Lipinski definition) is 1. The molecule has 0 heterocycles. The number of hydrogen-bond donors (Lipinski definition) is 2. The third-order valence-electron chi connectivity index (χ3n) is 1.49. The summed E-state index contributed by atoms with van der Waals surface area (Å²) < 4.78 is 37.4. The highest BCUT2D eigenvalue weighted by Crippen LogP contribution is 2.33. The Labute approximate surface area is 97.8 Å². The van der Waals surface area contributed by atoms with Crippen LogP contribution in [-0.4, -0.2) is 5.11 Å². The number of benzene rings is 1. The molecule has 0 aliphatic carbocycles. The number of nitrogens with one attached hydrogen (secondary N) is 1. The van der Waals surface area contributed by atoms with Gasteiger partial charge in [0.15, 0.2) is 5.11 Å². The van der Waals surface area contributed by atoms with E-state index < -0.39 is 11.7 Å². The van der Waals surface area contributed by atoms with Crippen molar-refractivity contribution in [3.8, 4) is 0 Å². The third-order valence-corrected chi connectivity index (χ3v) is 2.05. The zero-order chi connectivity index (χ0) is 11.6. The van der Waals surface area contributed by atoms with Gasteiger partial charge in [0.1, 0.15) is 0 Å². The topological polar surface area (TPSA) is 38.0 Å². The lowest BCUT2D eigenvalue weighted by Gasteiger charge is -2.10. The van der Waals surface area contributed by atoms with Gasteiger partial charge in [-0.15, -0.1) is 0 Å². The number of halogens is 4. The van der Waals surface area contributed by atoms with Crippen molar-refractivity contribution in [2.75, 3.05) is 5.32 Å². The van der Waals surface area contributed by atoms with Crippen LogP contribution in [-0.2, 0) is 6.18 Å². The first-order valence-corrected chi connectivity index (χ1v) is 4.93. The fourth-order valence-corrected chi connectivity index (χ4v) is 1.58. The summed E-state index contributed by atoms with van der Waals surface area (Å²) in [6.07, 6.45) is -4.39. The van der Waals surface area contributed by atoms with E-state index in [-0.39, 0.29) is 10.8 Å². The monoisotopic (exact) mass is 298 g/mol. The number of alkyl halides is 3. The molecule has 0 spiro atoms. The SMILES string of the molecule is NC(=S)Nc1cc(Br)cc(C(F)(F)F)c1.